The molecule has 0 bridgehead atoms. The van der Waals surface area contributed by atoms with Crippen LogP contribution in [0.1, 0.15) is 17.3 Å². The molecule has 7 nitrogen and oxygen atoms in total. The van der Waals surface area contributed by atoms with Crippen LogP contribution in [0.5, 0.6) is 0 Å². The highest BCUT2D eigenvalue weighted by atomic mass is 35.5. The van der Waals surface area contributed by atoms with E-state index in [0.29, 0.717) is 33.9 Å². The summed E-state index contributed by atoms with van der Waals surface area (Å²) >= 11 is 7.34. The maximum Gasteiger partial charge on any atom is 0.316 e. The standard InChI is InChI=1S/C20H19ClN4O3S/c1-3-28-17(26)12-29-20-24-23-18(25(20)2)13-7-6-8-14(11-13)22-19(27)15-9-4-5-10-16(15)21/h4-11H,3,12H2,1-2H3,(H,22,27). The first-order valence-corrected chi connectivity index (χ1v) is 10.2. The van der Waals surface area contributed by atoms with Crippen molar-refractivity contribution in [1.29, 1.82) is 0 Å². The van der Waals surface area contributed by atoms with Crippen LogP contribution in [0, 0.1) is 0 Å². The van der Waals surface area contributed by atoms with Gasteiger partial charge in [0.2, 0.25) is 0 Å². The molecule has 9 heteroatoms. The minimum atomic E-state index is -0.300. The largest absolute Gasteiger partial charge is 0.465 e. The highest BCUT2D eigenvalue weighted by Crippen LogP contribution is 2.25. The van der Waals surface area contributed by atoms with Crippen molar-refractivity contribution in [3.05, 3.63) is 59.1 Å². The highest BCUT2D eigenvalue weighted by molar-refractivity contribution is 7.99. The average molecular weight is 431 g/mol. The van der Waals surface area contributed by atoms with Crippen LogP contribution in [-0.4, -0.2) is 39.0 Å². The molecule has 1 N–H and O–H groups in total. The summed E-state index contributed by atoms with van der Waals surface area (Å²) in [5.41, 5.74) is 1.78. The van der Waals surface area contributed by atoms with E-state index in [1.165, 1.54) is 11.8 Å². The van der Waals surface area contributed by atoms with Gasteiger partial charge in [0.25, 0.3) is 5.91 Å². The number of esters is 1. The minimum Gasteiger partial charge on any atom is -0.465 e. The number of thioether (sulfide) groups is 1. The smallest absolute Gasteiger partial charge is 0.316 e. The number of halogens is 1. The molecule has 2 aromatic carbocycles. The van der Waals surface area contributed by atoms with Crippen LogP contribution in [0.4, 0.5) is 5.69 Å². The summed E-state index contributed by atoms with van der Waals surface area (Å²) in [6.07, 6.45) is 0. The summed E-state index contributed by atoms with van der Waals surface area (Å²) in [6.45, 7) is 2.11. The number of hydrogen-bond donors (Lipinski definition) is 1. The van der Waals surface area contributed by atoms with Crippen LogP contribution in [0.25, 0.3) is 11.4 Å². The molecule has 150 valence electrons. The van der Waals surface area contributed by atoms with Crippen LogP contribution >= 0.6 is 23.4 Å². The van der Waals surface area contributed by atoms with E-state index in [4.69, 9.17) is 16.3 Å². The summed E-state index contributed by atoms with van der Waals surface area (Å²) in [5, 5.41) is 12.2. The Morgan fingerprint density at radius 1 is 1.17 bits per heavy atom. The lowest BCUT2D eigenvalue weighted by atomic mass is 10.1. The van der Waals surface area contributed by atoms with Crippen LogP contribution in [0.2, 0.25) is 5.02 Å². The number of rotatable bonds is 7. The van der Waals surface area contributed by atoms with Crippen molar-refractivity contribution in [3.8, 4) is 11.4 Å². The zero-order valence-corrected chi connectivity index (χ0v) is 17.5. The molecule has 0 fully saturated rings. The third kappa shape index (κ3) is 5.16. The van der Waals surface area contributed by atoms with Crippen molar-refractivity contribution in [1.82, 2.24) is 14.8 Å². The first-order valence-electron chi connectivity index (χ1n) is 8.83. The second-order valence-corrected chi connectivity index (χ2v) is 7.32. The molecular weight excluding hydrogens is 412 g/mol. The average Bonchev–Trinajstić information content (AvgIpc) is 3.07. The molecule has 3 rings (SSSR count). The first-order chi connectivity index (χ1) is 14.0. The fourth-order valence-corrected chi connectivity index (χ4v) is 3.53. The van der Waals surface area contributed by atoms with Gasteiger partial charge in [-0.1, -0.05) is 47.6 Å². The Morgan fingerprint density at radius 2 is 1.97 bits per heavy atom. The van der Waals surface area contributed by atoms with E-state index in [0.717, 1.165) is 5.56 Å². The van der Waals surface area contributed by atoms with Gasteiger partial charge in [-0.15, -0.1) is 10.2 Å². The van der Waals surface area contributed by atoms with Gasteiger partial charge in [0.15, 0.2) is 11.0 Å². The molecule has 3 aromatic rings. The molecule has 0 atom stereocenters. The van der Waals surface area contributed by atoms with Crippen LogP contribution in [0.3, 0.4) is 0 Å². The molecule has 0 aliphatic carbocycles. The van der Waals surface area contributed by atoms with Crippen molar-refractivity contribution in [3.63, 3.8) is 0 Å². The Kier molecular flexibility index (Phi) is 6.90. The quantitative estimate of drug-likeness (QED) is 0.449. The Labute approximate surface area is 177 Å². The van der Waals surface area contributed by atoms with Crippen molar-refractivity contribution < 1.29 is 14.3 Å². The predicted molar refractivity (Wildman–Crippen MR) is 113 cm³/mol. The van der Waals surface area contributed by atoms with E-state index < -0.39 is 0 Å². The number of ether oxygens (including phenoxy) is 1. The fraction of sp³-hybridized carbons (Fsp3) is 0.200. The van der Waals surface area contributed by atoms with Crippen LogP contribution in [0.15, 0.2) is 53.7 Å². The lowest BCUT2D eigenvalue weighted by Crippen LogP contribution is -2.12. The minimum absolute atomic E-state index is 0.160. The molecule has 0 aliphatic heterocycles. The lowest BCUT2D eigenvalue weighted by Gasteiger charge is -2.09. The molecule has 29 heavy (non-hydrogen) atoms. The normalized spacial score (nSPS) is 10.6. The number of carbonyl (C=O) groups is 2. The van der Waals surface area contributed by atoms with Gasteiger partial charge in [-0.2, -0.15) is 0 Å². The molecule has 1 amide bonds. The fourth-order valence-electron chi connectivity index (χ4n) is 2.60. The molecule has 1 heterocycles. The Hall–Kier alpha value is -2.84. The van der Waals surface area contributed by atoms with Gasteiger partial charge in [0.05, 0.1) is 22.9 Å². The molecule has 0 saturated heterocycles. The summed E-state index contributed by atoms with van der Waals surface area (Å²) in [6, 6.07) is 14.1. The van der Waals surface area contributed by atoms with Crippen LogP contribution < -0.4 is 5.32 Å². The molecule has 0 aliphatic rings. The van der Waals surface area contributed by atoms with E-state index in [2.05, 4.69) is 15.5 Å². The van der Waals surface area contributed by atoms with Gasteiger partial charge in [-0.3, -0.25) is 9.59 Å². The summed E-state index contributed by atoms with van der Waals surface area (Å²) in [7, 11) is 1.82. The Morgan fingerprint density at radius 3 is 2.72 bits per heavy atom. The number of anilines is 1. The van der Waals surface area contributed by atoms with Gasteiger partial charge >= 0.3 is 5.97 Å². The van der Waals surface area contributed by atoms with Crippen molar-refractivity contribution >= 4 is 40.9 Å². The van der Waals surface area contributed by atoms with Gasteiger partial charge < -0.3 is 14.6 Å². The summed E-state index contributed by atoms with van der Waals surface area (Å²) < 4.78 is 6.72. The monoisotopic (exact) mass is 430 g/mol. The second-order valence-electron chi connectivity index (χ2n) is 5.97. The highest BCUT2D eigenvalue weighted by Gasteiger charge is 2.15. The Balaban J connectivity index is 1.75. The molecule has 0 unspecified atom stereocenters. The maximum absolute atomic E-state index is 12.5. The van der Waals surface area contributed by atoms with Crippen molar-refractivity contribution in [2.75, 3.05) is 17.7 Å². The van der Waals surface area contributed by atoms with E-state index in [1.54, 1.807) is 47.9 Å². The summed E-state index contributed by atoms with van der Waals surface area (Å²) in [5.74, 6) is 0.182. The van der Waals surface area contributed by atoms with Gasteiger partial charge in [-0.25, -0.2) is 0 Å². The second kappa shape index (κ2) is 9.58. The van der Waals surface area contributed by atoms with E-state index in [1.807, 2.05) is 19.2 Å². The van der Waals surface area contributed by atoms with E-state index in [9.17, 15) is 9.59 Å². The zero-order valence-electron chi connectivity index (χ0n) is 15.9. The number of nitrogens with one attached hydrogen (secondary N) is 1. The number of nitrogens with zero attached hydrogens (tertiary/aromatic N) is 3. The predicted octanol–water partition coefficient (Wildman–Crippen LogP) is 4.04. The first kappa shape index (κ1) is 20.9. The lowest BCUT2D eigenvalue weighted by molar-refractivity contribution is -0.139. The van der Waals surface area contributed by atoms with E-state index in [-0.39, 0.29) is 17.6 Å². The number of carbonyl (C=O) groups excluding carboxylic acids is 2. The molecule has 0 saturated carbocycles. The number of aromatic nitrogens is 3. The molecule has 0 radical (unpaired) electrons. The Bertz CT molecular complexity index is 1040. The third-order valence-electron chi connectivity index (χ3n) is 3.96. The SMILES string of the molecule is CCOC(=O)CSc1nnc(-c2cccc(NC(=O)c3ccccc3Cl)c2)n1C. The van der Waals surface area contributed by atoms with Gasteiger partial charge in [0, 0.05) is 18.3 Å². The van der Waals surface area contributed by atoms with Gasteiger partial charge in [-0.05, 0) is 31.2 Å². The van der Waals surface area contributed by atoms with E-state index >= 15 is 0 Å². The van der Waals surface area contributed by atoms with Gasteiger partial charge in [0.1, 0.15) is 0 Å². The number of benzene rings is 2. The summed E-state index contributed by atoms with van der Waals surface area (Å²) in [4.78, 5) is 24.0. The zero-order chi connectivity index (χ0) is 20.8. The van der Waals surface area contributed by atoms with Crippen molar-refractivity contribution in [2.24, 2.45) is 7.05 Å². The molecule has 1 aromatic heterocycles. The van der Waals surface area contributed by atoms with Crippen molar-refractivity contribution in [2.45, 2.75) is 12.1 Å². The molecule has 0 spiro atoms. The topological polar surface area (TPSA) is 86.1 Å². The number of hydrogen-bond acceptors (Lipinski definition) is 6. The third-order valence-corrected chi connectivity index (χ3v) is 5.28. The number of amides is 1. The molecular formula is C20H19ClN4O3S. The van der Waals surface area contributed by atoms with Crippen LogP contribution in [-0.2, 0) is 16.6 Å². The maximum atomic E-state index is 12.5.